The SMILES string of the molecule is O=C(Nc1ccc(F)cc1F)C1CC1C(=O)N1CCN(c2ccccn2)CC1. The molecule has 1 aromatic carbocycles. The lowest BCUT2D eigenvalue weighted by atomic mass is 10.2. The van der Waals surface area contributed by atoms with Crippen LogP contribution in [0.3, 0.4) is 0 Å². The molecule has 1 N–H and O–H groups in total. The van der Waals surface area contributed by atoms with E-state index in [9.17, 15) is 18.4 Å². The molecule has 2 heterocycles. The zero-order valence-electron chi connectivity index (χ0n) is 15.1. The topological polar surface area (TPSA) is 65.5 Å². The first-order valence-corrected chi connectivity index (χ1v) is 9.23. The number of amides is 2. The summed E-state index contributed by atoms with van der Waals surface area (Å²) in [6.45, 7) is 2.53. The summed E-state index contributed by atoms with van der Waals surface area (Å²) in [5, 5.41) is 2.45. The van der Waals surface area contributed by atoms with Crippen molar-refractivity contribution in [2.24, 2.45) is 11.8 Å². The van der Waals surface area contributed by atoms with Crippen LogP contribution in [0.1, 0.15) is 6.42 Å². The van der Waals surface area contributed by atoms with Gasteiger partial charge in [0.2, 0.25) is 11.8 Å². The van der Waals surface area contributed by atoms with Crippen molar-refractivity contribution < 1.29 is 18.4 Å². The zero-order valence-corrected chi connectivity index (χ0v) is 15.1. The lowest BCUT2D eigenvalue weighted by Gasteiger charge is -2.35. The van der Waals surface area contributed by atoms with Gasteiger partial charge in [0.05, 0.1) is 17.5 Å². The van der Waals surface area contributed by atoms with Crippen LogP contribution in [-0.2, 0) is 9.59 Å². The molecule has 146 valence electrons. The number of carbonyl (C=O) groups excluding carboxylic acids is 2. The molecule has 2 aromatic rings. The number of hydrogen-bond acceptors (Lipinski definition) is 4. The molecule has 8 heteroatoms. The normalized spacial score (nSPS) is 21.4. The summed E-state index contributed by atoms with van der Waals surface area (Å²) in [6.07, 6.45) is 2.19. The molecule has 1 saturated heterocycles. The van der Waals surface area contributed by atoms with Crippen LogP contribution in [0.4, 0.5) is 20.3 Å². The summed E-state index contributed by atoms with van der Waals surface area (Å²) in [5.41, 5.74) is -0.0755. The molecular formula is C20H20F2N4O2. The van der Waals surface area contributed by atoms with Gasteiger partial charge in [0.1, 0.15) is 17.5 Å². The number of anilines is 2. The number of piperazine rings is 1. The third-order valence-corrected chi connectivity index (χ3v) is 5.20. The minimum absolute atomic E-state index is 0.0413. The van der Waals surface area contributed by atoms with Crippen LogP contribution in [-0.4, -0.2) is 47.9 Å². The van der Waals surface area contributed by atoms with E-state index in [-0.39, 0.29) is 17.5 Å². The van der Waals surface area contributed by atoms with E-state index >= 15 is 0 Å². The van der Waals surface area contributed by atoms with Gasteiger partial charge >= 0.3 is 0 Å². The molecule has 1 aliphatic carbocycles. The highest BCUT2D eigenvalue weighted by Gasteiger charge is 2.49. The second-order valence-electron chi connectivity index (χ2n) is 7.06. The second kappa shape index (κ2) is 7.53. The first-order valence-electron chi connectivity index (χ1n) is 9.23. The van der Waals surface area contributed by atoms with Gasteiger partial charge in [0.25, 0.3) is 0 Å². The van der Waals surface area contributed by atoms with Gasteiger partial charge in [-0.05, 0) is 30.7 Å². The summed E-state index contributed by atoms with van der Waals surface area (Å²) in [7, 11) is 0. The minimum atomic E-state index is -0.831. The number of nitrogens with one attached hydrogen (secondary N) is 1. The largest absolute Gasteiger partial charge is 0.353 e. The molecular weight excluding hydrogens is 366 g/mol. The number of hydrogen-bond donors (Lipinski definition) is 1. The highest BCUT2D eigenvalue weighted by atomic mass is 19.1. The first-order chi connectivity index (χ1) is 13.5. The molecule has 2 unspecified atom stereocenters. The van der Waals surface area contributed by atoms with Crippen LogP contribution >= 0.6 is 0 Å². The molecule has 2 aliphatic rings. The number of aromatic nitrogens is 1. The fourth-order valence-corrected chi connectivity index (χ4v) is 3.51. The van der Waals surface area contributed by atoms with E-state index in [1.165, 1.54) is 6.07 Å². The van der Waals surface area contributed by atoms with Gasteiger partial charge in [-0.25, -0.2) is 13.8 Å². The molecule has 2 amide bonds. The maximum Gasteiger partial charge on any atom is 0.228 e. The summed E-state index contributed by atoms with van der Waals surface area (Å²) in [6, 6.07) is 8.70. The van der Waals surface area contributed by atoms with Crippen LogP contribution in [0.25, 0.3) is 0 Å². The molecule has 0 radical (unpaired) electrons. The van der Waals surface area contributed by atoms with Crippen molar-refractivity contribution in [1.29, 1.82) is 0 Å². The summed E-state index contributed by atoms with van der Waals surface area (Å²) < 4.78 is 26.6. The van der Waals surface area contributed by atoms with Gasteiger partial charge in [-0.3, -0.25) is 9.59 Å². The molecule has 2 atom stereocenters. The van der Waals surface area contributed by atoms with E-state index < -0.39 is 23.5 Å². The van der Waals surface area contributed by atoms with Crippen molar-refractivity contribution >= 4 is 23.3 Å². The Labute approximate surface area is 161 Å². The van der Waals surface area contributed by atoms with Gasteiger partial charge in [-0.2, -0.15) is 0 Å². The van der Waals surface area contributed by atoms with E-state index in [0.717, 1.165) is 11.9 Å². The lowest BCUT2D eigenvalue weighted by Crippen LogP contribution is -2.49. The maximum absolute atomic E-state index is 13.7. The van der Waals surface area contributed by atoms with Crippen LogP contribution < -0.4 is 10.2 Å². The fraction of sp³-hybridized carbons (Fsp3) is 0.350. The van der Waals surface area contributed by atoms with Gasteiger partial charge in [0, 0.05) is 38.4 Å². The fourth-order valence-electron chi connectivity index (χ4n) is 3.51. The van der Waals surface area contributed by atoms with E-state index in [4.69, 9.17) is 0 Å². The lowest BCUT2D eigenvalue weighted by molar-refractivity contribution is -0.134. The van der Waals surface area contributed by atoms with Gasteiger partial charge < -0.3 is 15.1 Å². The molecule has 4 rings (SSSR count). The number of carbonyl (C=O) groups is 2. The van der Waals surface area contributed by atoms with Crippen molar-refractivity contribution in [3.05, 3.63) is 54.2 Å². The smallest absolute Gasteiger partial charge is 0.228 e. The highest BCUT2D eigenvalue weighted by Crippen LogP contribution is 2.41. The number of halogens is 2. The summed E-state index contributed by atoms with van der Waals surface area (Å²) in [4.78, 5) is 33.2. The predicted molar refractivity (Wildman–Crippen MR) is 99.6 cm³/mol. The molecule has 0 bridgehead atoms. The van der Waals surface area contributed by atoms with E-state index in [1.54, 1.807) is 11.1 Å². The van der Waals surface area contributed by atoms with Gasteiger partial charge in [0.15, 0.2) is 0 Å². The Balaban J connectivity index is 1.29. The summed E-state index contributed by atoms with van der Waals surface area (Å²) >= 11 is 0. The maximum atomic E-state index is 13.7. The molecule has 0 spiro atoms. The van der Waals surface area contributed by atoms with Crippen molar-refractivity contribution in [1.82, 2.24) is 9.88 Å². The first kappa shape index (κ1) is 18.3. The third kappa shape index (κ3) is 3.81. The molecule has 6 nitrogen and oxygen atoms in total. The Kier molecular flexibility index (Phi) is 4.93. The number of benzene rings is 1. The Hall–Kier alpha value is -3.03. The standard InChI is InChI=1S/C20H20F2N4O2/c21-13-4-5-17(16(22)11-13)24-19(27)14-12-15(14)20(28)26-9-7-25(8-10-26)18-3-1-2-6-23-18/h1-6,11,14-15H,7-10,12H2,(H,24,27). The average Bonchev–Trinajstić information content (AvgIpc) is 3.51. The summed E-state index contributed by atoms with van der Waals surface area (Å²) in [5.74, 6) is -1.94. The van der Waals surface area contributed by atoms with Gasteiger partial charge in [-0.15, -0.1) is 0 Å². The zero-order chi connectivity index (χ0) is 19.7. The van der Waals surface area contributed by atoms with Crippen LogP contribution in [0.2, 0.25) is 0 Å². The van der Waals surface area contributed by atoms with Crippen molar-refractivity contribution in [3.63, 3.8) is 0 Å². The minimum Gasteiger partial charge on any atom is -0.353 e. The highest BCUT2D eigenvalue weighted by molar-refractivity contribution is 5.99. The van der Waals surface area contributed by atoms with Crippen molar-refractivity contribution in [2.75, 3.05) is 36.4 Å². The van der Waals surface area contributed by atoms with Crippen LogP contribution in [0.5, 0.6) is 0 Å². The molecule has 28 heavy (non-hydrogen) atoms. The predicted octanol–water partition coefficient (Wildman–Crippen LogP) is 2.28. The molecule has 2 fully saturated rings. The van der Waals surface area contributed by atoms with E-state index in [2.05, 4.69) is 15.2 Å². The molecule has 1 saturated carbocycles. The third-order valence-electron chi connectivity index (χ3n) is 5.20. The average molecular weight is 386 g/mol. The Morgan fingerprint density at radius 3 is 2.50 bits per heavy atom. The second-order valence-corrected chi connectivity index (χ2v) is 7.06. The monoisotopic (exact) mass is 386 g/mol. The molecule has 1 aliphatic heterocycles. The Morgan fingerprint density at radius 1 is 1.04 bits per heavy atom. The number of rotatable bonds is 4. The van der Waals surface area contributed by atoms with Crippen LogP contribution in [0.15, 0.2) is 42.6 Å². The quantitative estimate of drug-likeness (QED) is 0.876. The van der Waals surface area contributed by atoms with Crippen molar-refractivity contribution in [2.45, 2.75) is 6.42 Å². The van der Waals surface area contributed by atoms with Gasteiger partial charge in [-0.1, -0.05) is 6.07 Å². The number of pyridine rings is 1. The Bertz CT molecular complexity index is 885. The van der Waals surface area contributed by atoms with E-state index in [1.807, 2.05) is 18.2 Å². The Morgan fingerprint density at radius 2 is 1.82 bits per heavy atom. The van der Waals surface area contributed by atoms with Crippen LogP contribution in [0, 0.1) is 23.5 Å². The van der Waals surface area contributed by atoms with E-state index in [0.29, 0.717) is 38.7 Å². The number of nitrogens with zero attached hydrogens (tertiary/aromatic N) is 3. The molecule has 1 aromatic heterocycles. The van der Waals surface area contributed by atoms with Crippen molar-refractivity contribution in [3.8, 4) is 0 Å².